The number of ketones is 1. The van der Waals surface area contributed by atoms with Crippen LogP contribution in [0, 0.1) is 11.3 Å². The van der Waals surface area contributed by atoms with Gasteiger partial charge in [0.25, 0.3) is 0 Å². The van der Waals surface area contributed by atoms with Gasteiger partial charge in [-0.05, 0) is 25.0 Å². The van der Waals surface area contributed by atoms with Crippen LogP contribution in [0.2, 0.25) is 0 Å². The predicted molar refractivity (Wildman–Crippen MR) is 79.6 cm³/mol. The molecule has 0 amide bonds. The van der Waals surface area contributed by atoms with Crippen molar-refractivity contribution in [1.82, 2.24) is 0 Å². The van der Waals surface area contributed by atoms with Gasteiger partial charge in [0, 0.05) is 11.3 Å². The van der Waals surface area contributed by atoms with Gasteiger partial charge in [0.05, 0.1) is 18.8 Å². The summed E-state index contributed by atoms with van der Waals surface area (Å²) in [7, 11) is 0. The number of hydrogen-bond donors (Lipinski definition) is 5. The number of hydrogen-bond acceptors (Lipinski definition) is 8. The van der Waals surface area contributed by atoms with Crippen LogP contribution in [0.1, 0.15) is 20.3 Å². The van der Waals surface area contributed by atoms with Crippen LogP contribution in [0.5, 0.6) is 0 Å². The maximum absolute atomic E-state index is 12.1. The van der Waals surface area contributed by atoms with E-state index in [2.05, 4.69) is 0 Å². The monoisotopic (exact) mass is 344 g/mol. The molecule has 1 saturated carbocycles. The van der Waals surface area contributed by atoms with Crippen molar-refractivity contribution >= 4 is 5.78 Å². The summed E-state index contributed by atoms with van der Waals surface area (Å²) in [5.74, 6) is -0.445. The third-order valence-corrected chi connectivity index (χ3v) is 5.96. The SMILES string of the molecule is CC1=CC(=O)C2CC1(O)C2(C)COC1OC(CO)C(O)C(O)C1O. The number of carbonyl (C=O) groups is 1. The Morgan fingerprint density at radius 3 is 2.54 bits per heavy atom. The van der Waals surface area contributed by atoms with Gasteiger partial charge in [-0.1, -0.05) is 6.92 Å². The first-order valence-corrected chi connectivity index (χ1v) is 8.03. The molecule has 0 aromatic carbocycles. The Balaban J connectivity index is 1.72. The number of aliphatic hydroxyl groups is 5. The van der Waals surface area contributed by atoms with Gasteiger partial charge in [0.15, 0.2) is 12.1 Å². The number of fused-ring (bicyclic) bond motifs is 1. The van der Waals surface area contributed by atoms with Crippen molar-refractivity contribution in [3.63, 3.8) is 0 Å². The summed E-state index contributed by atoms with van der Waals surface area (Å²) >= 11 is 0. The highest BCUT2D eigenvalue weighted by atomic mass is 16.7. The Morgan fingerprint density at radius 1 is 1.29 bits per heavy atom. The fraction of sp³-hybridized carbons (Fsp3) is 0.812. The smallest absolute Gasteiger partial charge is 0.186 e. The molecule has 8 nitrogen and oxygen atoms in total. The van der Waals surface area contributed by atoms with E-state index in [-0.39, 0.29) is 18.3 Å². The summed E-state index contributed by atoms with van der Waals surface area (Å²) in [6.07, 6.45) is -5.05. The number of rotatable bonds is 4. The van der Waals surface area contributed by atoms with Gasteiger partial charge in [-0.15, -0.1) is 0 Å². The zero-order valence-electron chi connectivity index (χ0n) is 13.6. The van der Waals surface area contributed by atoms with Gasteiger partial charge in [0.1, 0.15) is 24.4 Å². The molecule has 136 valence electrons. The van der Waals surface area contributed by atoms with Crippen molar-refractivity contribution in [2.75, 3.05) is 13.2 Å². The second-order valence-electron chi connectivity index (χ2n) is 7.27. The minimum Gasteiger partial charge on any atom is -0.394 e. The molecule has 1 heterocycles. The Bertz CT molecular complexity index is 560. The summed E-state index contributed by atoms with van der Waals surface area (Å²) in [4.78, 5) is 12.1. The summed E-state index contributed by atoms with van der Waals surface area (Å²) in [6.45, 7) is 2.81. The highest BCUT2D eigenvalue weighted by molar-refractivity contribution is 5.97. The van der Waals surface area contributed by atoms with Crippen LogP contribution in [0.4, 0.5) is 0 Å². The molecule has 4 rings (SSSR count). The molecule has 1 saturated heterocycles. The normalized spacial score (nSPS) is 51.1. The van der Waals surface area contributed by atoms with E-state index >= 15 is 0 Å². The van der Waals surface area contributed by atoms with Crippen LogP contribution in [0.3, 0.4) is 0 Å². The minimum absolute atomic E-state index is 0.0664. The second-order valence-corrected chi connectivity index (χ2v) is 7.27. The third kappa shape index (κ3) is 2.29. The van der Waals surface area contributed by atoms with Crippen molar-refractivity contribution in [2.24, 2.45) is 11.3 Å². The molecule has 2 bridgehead atoms. The molecular weight excluding hydrogens is 320 g/mol. The zero-order valence-corrected chi connectivity index (χ0v) is 13.6. The van der Waals surface area contributed by atoms with Gasteiger partial charge in [-0.25, -0.2) is 0 Å². The molecule has 1 aliphatic heterocycles. The average molecular weight is 344 g/mol. The van der Waals surface area contributed by atoms with Crippen LogP contribution in [-0.2, 0) is 14.3 Å². The first kappa shape index (κ1) is 17.9. The van der Waals surface area contributed by atoms with E-state index < -0.39 is 48.3 Å². The Labute approximate surface area is 139 Å². The summed E-state index contributed by atoms with van der Waals surface area (Å²) in [5.41, 5.74) is -1.43. The maximum Gasteiger partial charge on any atom is 0.186 e. The molecule has 8 atom stereocenters. The first-order valence-electron chi connectivity index (χ1n) is 8.03. The van der Waals surface area contributed by atoms with Crippen LogP contribution < -0.4 is 0 Å². The molecule has 3 aliphatic carbocycles. The molecule has 0 spiro atoms. The van der Waals surface area contributed by atoms with E-state index in [1.54, 1.807) is 13.8 Å². The maximum atomic E-state index is 12.1. The number of carbonyl (C=O) groups excluding carboxylic acids is 1. The van der Waals surface area contributed by atoms with Gasteiger partial charge in [0.2, 0.25) is 0 Å². The Kier molecular flexibility index (Phi) is 4.37. The lowest BCUT2D eigenvalue weighted by Crippen LogP contribution is -2.69. The highest BCUT2D eigenvalue weighted by Crippen LogP contribution is 2.61. The zero-order chi connectivity index (χ0) is 17.9. The second kappa shape index (κ2) is 5.84. The molecular formula is C16H24O8. The molecule has 0 radical (unpaired) electrons. The Hall–Kier alpha value is -0.870. The molecule has 24 heavy (non-hydrogen) atoms. The van der Waals surface area contributed by atoms with Crippen LogP contribution in [0.15, 0.2) is 11.6 Å². The van der Waals surface area contributed by atoms with Gasteiger partial charge in [-0.3, -0.25) is 4.79 Å². The third-order valence-electron chi connectivity index (χ3n) is 5.96. The molecule has 5 N–H and O–H groups in total. The minimum atomic E-state index is -1.53. The van der Waals surface area contributed by atoms with E-state index in [0.717, 1.165) is 0 Å². The van der Waals surface area contributed by atoms with Crippen LogP contribution in [0.25, 0.3) is 0 Å². The largest absolute Gasteiger partial charge is 0.394 e. The lowest BCUT2D eigenvalue weighted by Gasteiger charge is -2.62. The molecule has 4 aliphatic rings. The number of aliphatic hydroxyl groups excluding tert-OH is 4. The lowest BCUT2D eigenvalue weighted by molar-refractivity contribution is -0.318. The number of allylic oxidation sites excluding steroid dienone is 1. The van der Waals surface area contributed by atoms with Crippen molar-refractivity contribution in [2.45, 2.75) is 56.6 Å². The van der Waals surface area contributed by atoms with E-state index in [1.165, 1.54) is 6.08 Å². The lowest BCUT2D eigenvalue weighted by atomic mass is 9.45. The van der Waals surface area contributed by atoms with Crippen molar-refractivity contribution in [3.05, 3.63) is 11.6 Å². The van der Waals surface area contributed by atoms with Gasteiger partial charge in [-0.2, -0.15) is 0 Å². The standard InChI is InChI=1S/C16H24O8/c1-7-3-9(18)8-4-16(7,22)15(8,2)6-23-14-13(21)12(20)11(19)10(5-17)24-14/h3,8,10-14,17,19-22H,4-6H2,1-2H3. The van der Waals surface area contributed by atoms with E-state index in [4.69, 9.17) is 9.47 Å². The van der Waals surface area contributed by atoms with Crippen molar-refractivity contribution < 1.29 is 39.8 Å². The van der Waals surface area contributed by atoms with E-state index in [1.807, 2.05) is 0 Å². The quantitative estimate of drug-likeness (QED) is 0.398. The van der Waals surface area contributed by atoms with Gasteiger partial charge >= 0.3 is 0 Å². The average Bonchev–Trinajstić information content (AvgIpc) is 2.54. The molecule has 8 unspecified atom stereocenters. The molecule has 0 aromatic rings. The van der Waals surface area contributed by atoms with E-state index in [9.17, 15) is 30.3 Å². The topological polar surface area (TPSA) is 137 Å². The molecule has 2 fully saturated rings. The fourth-order valence-electron chi connectivity index (χ4n) is 4.05. The highest BCUT2D eigenvalue weighted by Gasteiger charge is 2.67. The van der Waals surface area contributed by atoms with Crippen molar-refractivity contribution in [1.29, 1.82) is 0 Å². The molecule has 8 heteroatoms. The van der Waals surface area contributed by atoms with Crippen molar-refractivity contribution in [3.8, 4) is 0 Å². The first-order chi connectivity index (χ1) is 11.2. The fourth-order valence-corrected chi connectivity index (χ4v) is 4.05. The van der Waals surface area contributed by atoms with Crippen LogP contribution >= 0.6 is 0 Å². The number of ether oxygens (including phenoxy) is 2. The Morgan fingerprint density at radius 2 is 1.96 bits per heavy atom. The van der Waals surface area contributed by atoms with Crippen LogP contribution in [-0.4, -0.2) is 80.8 Å². The summed E-state index contributed by atoms with van der Waals surface area (Å²) in [5, 5.41) is 49.5. The van der Waals surface area contributed by atoms with Gasteiger partial charge < -0.3 is 35.0 Å². The summed E-state index contributed by atoms with van der Waals surface area (Å²) in [6, 6.07) is 0. The predicted octanol–water partition coefficient (Wildman–Crippen LogP) is -1.91. The summed E-state index contributed by atoms with van der Waals surface area (Å²) < 4.78 is 10.8. The molecule has 0 aromatic heterocycles. The van der Waals surface area contributed by atoms with E-state index in [0.29, 0.717) is 12.0 Å².